The minimum Gasteiger partial charge on any atom is -0.468 e. The van der Waals surface area contributed by atoms with Gasteiger partial charge in [0.1, 0.15) is 5.54 Å². The summed E-state index contributed by atoms with van der Waals surface area (Å²) in [6.45, 7) is 1.74. The number of benzene rings is 1. The van der Waals surface area contributed by atoms with Crippen LogP contribution in [-0.4, -0.2) is 31.4 Å². The number of nitrogens with one attached hydrogen (secondary N) is 1. The van der Waals surface area contributed by atoms with E-state index in [0.29, 0.717) is 17.1 Å². The topological polar surface area (TPSA) is 38.3 Å². The Morgan fingerprint density at radius 3 is 2.63 bits per heavy atom. The van der Waals surface area contributed by atoms with E-state index in [2.05, 4.69) is 5.32 Å². The first-order valence-corrected chi connectivity index (χ1v) is 6.76. The Balaban J connectivity index is 2.57. The van der Waals surface area contributed by atoms with Crippen molar-refractivity contribution in [2.75, 3.05) is 19.9 Å². The second-order valence-corrected chi connectivity index (χ2v) is 5.42. The molecule has 0 amide bonds. The lowest BCUT2D eigenvalue weighted by Gasteiger charge is -2.25. The standard InChI is InChI=1S/C13H17F2NO2S/c1-13(16-2,12(17)18-3)6-7-19-9-4-5-10(14)11(15)8-9/h4-5,8,16H,6-7H2,1-3H3. The fourth-order valence-corrected chi connectivity index (χ4v) is 2.59. The predicted molar refractivity (Wildman–Crippen MR) is 71.2 cm³/mol. The highest BCUT2D eigenvalue weighted by Gasteiger charge is 2.31. The van der Waals surface area contributed by atoms with Crippen LogP contribution in [0.5, 0.6) is 0 Å². The highest BCUT2D eigenvalue weighted by atomic mass is 32.2. The summed E-state index contributed by atoms with van der Waals surface area (Å²) in [6.07, 6.45) is 0.514. The molecule has 1 unspecified atom stereocenters. The molecule has 1 aromatic carbocycles. The number of hydrogen-bond donors (Lipinski definition) is 1. The monoisotopic (exact) mass is 289 g/mol. The van der Waals surface area contributed by atoms with Crippen molar-refractivity contribution < 1.29 is 18.3 Å². The van der Waals surface area contributed by atoms with E-state index >= 15 is 0 Å². The molecule has 6 heteroatoms. The maximum absolute atomic E-state index is 13.0. The van der Waals surface area contributed by atoms with Gasteiger partial charge < -0.3 is 10.1 Å². The molecule has 0 fully saturated rings. The van der Waals surface area contributed by atoms with E-state index in [1.54, 1.807) is 14.0 Å². The maximum Gasteiger partial charge on any atom is 0.325 e. The first-order valence-electron chi connectivity index (χ1n) is 5.78. The summed E-state index contributed by atoms with van der Waals surface area (Å²) in [7, 11) is 3.01. The van der Waals surface area contributed by atoms with Crippen LogP contribution in [0.1, 0.15) is 13.3 Å². The summed E-state index contributed by atoms with van der Waals surface area (Å²) in [5.74, 6) is -1.49. The number of hydrogen-bond acceptors (Lipinski definition) is 4. The number of rotatable bonds is 6. The molecule has 1 N–H and O–H groups in total. The van der Waals surface area contributed by atoms with Crippen molar-refractivity contribution in [1.82, 2.24) is 5.32 Å². The molecule has 1 aromatic rings. The largest absolute Gasteiger partial charge is 0.468 e. The van der Waals surface area contributed by atoms with E-state index in [0.717, 1.165) is 12.1 Å². The van der Waals surface area contributed by atoms with Crippen LogP contribution in [0.2, 0.25) is 0 Å². The molecule has 0 aliphatic rings. The molecule has 0 aromatic heterocycles. The minimum absolute atomic E-state index is 0.346. The van der Waals surface area contributed by atoms with Crippen molar-refractivity contribution in [3.05, 3.63) is 29.8 Å². The fourth-order valence-electron chi connectivity index (χ4n) is 1.49. The Kier molecular flexibility index (Phi) is 5.75. The van der Waals surface area contributed by atoms with E-state index in [1.165, 1.54) is 24.9 Å². The van der Waals surface area contributed by atoms with Crippen molar-refractivity contribution in [1.29, 1.82) is 0 Å². The maximum atomic E-state index is 13.0. The lowest BCUT2D eigenvalue weighted by molar-refractivity contribution is -0.147. The molecule has 0 spiro atoms. The van der Waals surface area contributed by atoms with E-state index in [1.807, 2.05) is 0 Å². The third-order valence-electron chi connectivity index (χ3n) is 2.95. The second-order valence-electron chi connectivity index (χ2n) is 4.25. The molecular formula is C13H17F2NO2S. The van der Waals surface area contributed by atoms with Gasteiger partial charge in [0.05, 0.1) is 7.11 Å². The Morgan fingerprint density at radius 2 is 2.11 bits per heavy atom. The lowest BCUT2D eigenvalue weighted by atomic mass is 10.00. The Morgan fingerprint density at radius 1 is 1.42 bits per heavy atom. The van der Waals surface area contributed by atoms with Crippen LogP contribution in [0.25, 0.3) is 0 Å². The van der Waals surface area contributed by atoms with Gasteiger partial charge in [0.15, 0.2) is 11.6 Å². The highest BCUT2D eigenvalue weighted by Crippen LogP contribution is 2.24. The van der Waals surface area contributed by atoms with Gasteiger partial charge in [-0.1, -0.05) is 0 Å². The molecule has 0 radical (unpaired) electrons. The zero-order valence-corrected chi connectivity index (χ0v) is 11.9. The number of thioether (sulfide) groups is 1. The lowest BCUT2D eigenvalue weighted by Crippen LogP contribution is -2.48. The van der Waals surface area contributed by atoms with Gasteiger partial charge in [-0.05, 0) is 38.6 Å². The minimum atomic E-state index is -0.866. The van der Waals surface area contributed by atoms with Crippen LogP contribution in [0.3, 0.4) is 0 Å². The molecule has 1 rings (SSSR count). The van der Waals surface area contributed by atoms with Crippen molar-refractivity contribution in [2.24, 2.45) is 0 Å². The molecule has 3 nitrogen and oxygen atoms in total. The summed E-state index contributed by atoms with van der Waals surface area (Å²) in [6, 6.07) is 3.75. The van der Waals surface area contributed by atoms with Crippen LogP contribution in [0, 0.1) is 11.6 Å². The summed E-state index contributed by atoms with van der Waals surface area (Å²) in [5.41, 5.74) is -0.777. The summed E-state index contributed by atoms with van der Waals surface area (Å²) in [4.78, 5) is 12.2. The average Bonchev–Trinajstić information content (AvgIpc) is 2.41. The van der Waals surface area contributed by atoms with Gasteiger partial charge in [-0.3, -0.25) is 4.79 Å². The van der Waals surface area contributed by atoms with Gasteiger partial charge in [0.2, 0.25) is 0 Å². The molecular weight excluding hydrogens is 272 g/mol. The molecule has 19 heavy (non-hydrogen) atoms. The molecule has 0 heterocycles. The Hall–Kier alpha value is -1.14. The Labute approximate surface area is 115 Å². The van der Waals surface area contributed by atoms with Crippen LogP contribution < -0.4 is 5.32 Å². The highest BCUT2D eigenvalue weighted by molar-refractivity contribution is 7.99. The number of halogens is 2. The Bertz CT molecular complexity index is 456. The van der Waals surface area contributed by atoms with E-state index < -0.39 is 17.2 Å². The number of methoxy groups -OCH3 is 1. The number of esters is 1. The normalized spacial score (nSPS) is 13.9. The van der Waals surface area contributed by atoms with E-state index in [-0.39, 0.29) is 5.97 Å². The van der Waals surface area contributed by atoms with E-state index in [4.69, 9.17) is 4.74 Å². The average molecular weight is 289 g/mol. The predicted octanol–water partition coefficient (Wildman–Crippen LogP) is 2.60. The molecule has 0 bridgehead atoms. The molecule has 0 saturated heterocycles. The SMILES string of the molecule is CNC(C)(CCSc1ccc(F)c(F)c1)C(=O)OC. The molecule has 0 saturated carbocycles. The van der Waals surface area contributed by atoms with Crippen molar-refractivity contribution in [2.45, 2.75) is 23.8 Å². The van der Waals surface area contributed by atoms with Crippen LogP contribution in [0.4, 0.5) is 8.78 Å². The molecule has 0 aliphatic heterocycles. The van der Waals surface area contributed by atoms with Gasteiger partial charge in [-0.15, -0.1) is 11.8 Å². The number of likely N-dealkylation sites (N-methyl/N-ethyl adjacent to an activating group) is 1. The summed E-state index contributed by atoms with van der Waals surface area (Å²) in [5, 5.41) is 2.91. The summed E-state index contributed by atoms with van der Waals surface area (Å²) >= 11 is 1.36. The number of ether oxygens (including phenoxy) is 1. The van der Waals surface area contributed by atoms with E-state index in [9.17, 15) is 13.6 Å². The quantitative estimate of drug-likeness (QED) is 0.645. The third kappa shape index (κ3) is 4.18. The van der Waals surface area contributed by atoms with Gasteiger partial charge in [0.25, 0.3) is 0 Å². The van der Waals surface area contributed by atoms with Crippen molar-refractivity contribution in [3.63, 3.8) is 0 Å². The number of carbonyl (C=O) groups is 1. The van der Waals surface area contributed by atoms with Crippen molar-refractivity contribution in [3.8, 4) is 0 Å². The van der Waals surface area contributed by atoms with Crippen LogP contribution in [0.15, 0.2) is 23.1 Å². The molecule has 106 valence electrons. The second kappa shape index (κ2) is 6.86. The summed E-state index contributed by atoms with van der Waals surface area (Å²) < 4.78 is 30.5. The molecule has 1 atom stereocenters. The van der Waals surface area contributed by atoms with Gasteiger partial charge in [-0.2, -0.15) is 0 Å². The fraction of sp³-hybridized carbons (Fsp3) is 0.462. The van der Waals surface area contributed by atoms with Crippen LogP contribution >= 0.6 is 11.8 Å². The third-order valence-corrected chi connectivity index (χ3v) is 3.95. The first kappa shape index (κ1) is 15.9. The van der Waals surface area contributed by atoms with Gasteiger partial charge >= 0.3 is 5.97 Å². The van der Waals surface area contributed by atoms with Gasteiger partial charge in [-0.25, -0.2) is 8.78 Å². The number of carbonyl (C=O) groups excluding carboxylic acids is 1. The van der Waals surface area contributed by atoms with Gasteiger partial charge in [0, 0.05) is 10.6 Å². The zero-order chi connectivity index (χ0) is 14.5. The molecule has 0 aliphatic carbocycles. The smallest absolute Gasteiger partial charge is 0.325 e. The first-order chi connectivity index (χ1) is 8.92. The zero-order valence-electron chi connectivity index (χ0n) is 11.1. The van der Waals surface area contributed by atoms with Crippen LogP contribution in [-0.2, 0) is 9.53 Å². The van der Waals surface area contributed by atoms with Crippen molar-refractivity contribution >= 4 is 17.7 Å².